The maximum absolute atomic E-state index is 10.7. The van der Waals surface area contributed by atoms with Crippen LogP contribution in [0.1, 0.15) is 5.69 Å². The molecular formula is C8H6BrClN2O2. The minimum atomic E-state index is -1.14. The molecule has 0 aliphatic rings. The molecule has 0 saturated heterocycles. The zero-order valence-corrected chi connectivity index (χ0v) is 9.21. The molecule has 0 aromatic carbocycles. The van der Waals surface area contributed by atoms with Crippen molar-refractivity contribution in [1.29, 1.82) is 0 Å². The Kier molecular flexibility index (Phi) is 3.49. The summed E-state index contributed by atoms with van der Waals surface area (Å²) in [6.07, 6.45) is 2.40. The second-order valence-electron chi connectivity index (χ2n) is 2.37. The number of aromatic nitrogens is 1. The fourth-order valence-electron chi connectivity index (χ4n) is 0.828. The van der Waals surface area contributed by atoms with E-state index in [-0.39, 0.29) is 11.3 Å². The molecule has 14 heavy (non-hydrogen) atoms. The first-order valence-corrected chi connectivity index (χ1v) is 4.70. The molecule has 1 aromatic rings. The molecule has 74 valence electrons. The van der Waals surface area contributed by atoms with Crippen LogP contribution in [0, 0.1) is 0 Å². The number of carbonyl (C=O) groups is 1. The molecule has 0 saturated carbocycles. The van der Waals surface area contributed by atoms with Crippen LogP contribution in [-0.2, 0) is 4.79 Å². The van der Waals surface area contributed by atoms with E-state index >= 15 is 0 Å². The summed E-state index contributed by atoms with van der Waals surface area (Å²) < 4.78 is 0.602. The first kappa shape index (κ1) is 11.0. The zero-order valence-electron chi connectivity index (χ0n) is 6.87. The smallest absolute Gasteiger partial charge is 0.339 e. The average Bonchev–Trinajstić information content (AvgIpc) is 2.11. The van der Waals surface area contributed by atoms with E-state index < -0.39 is 5.97 Å². The quantitative estimate of drug-likeness (QED) is 0.809. The van der Waals surface area contributed by atoms with E-state index in [1.807, 2.05) is 0 Å². The maximum Gasteiger partial charge on any atom is 0.339 e. The first-order chi connectivity index (χ1) is 6.56. The van der Waals surface area contributed by atoms with Gasteiger partial charge < -0.3 is 10.8 Å². The van der Waals surface area contributed by atoms with Crippen LogP contribution in [0.2, 0.25) is 5.02 Å². The van der Waals surface area contributed by atoms with Gasteiger partial charge in [0.2, 0.25) is 0 Å². The lowest BCUT2D eigenvalue weighted by Crippen LogP contribution is -2.04. The monoisotopic (exact) mass is 276 g/mol. The van der Waals surface area contributed by atoms with Gasteiger partial charge in [-0.2, -0.15) is 0 Å². The Balaban J connectivity index is 3.20. The third-order valence-corrected chi connectivity index (χ3v) is 2.65. The lowest BCUT2D eigenvalue weighted by Gasteiger charge is -2.01. The molecule has 0 spiro atoms. The third kappa shape index (κ3) is 2.24. The minimum Gasteiger partial charge on any atom is -0.478 e. The van der Waals surface area contributed by atoms with E-state index in [9.17, 15) is 4.79 Å². The maximum atomic E-state index is 10.7. The van der Waals surface area contributed by atoms with Gasteiger partial charge in [-0.1, -0.05) is 11.6 Å². The van der Waals surface area contributed by atoms with Crippen LogP contribution in [0.15, 0.2) is 22.9 Å². The second kappa shape index (κ2) is 4.43. The fourth-order valence-corrected chi connectivity index (χ4v) is 1.20. The number of carboxylic acid groups (broad SMARTS) is 1. The molecule has 0 atom stereocenters. The highest BCUT2D eigenvalue weighted by Crippen LogP contribution is 2.24. The van der Waals surface area contributed by atoms with Crippen LogP contribution in [0.5, 0.6) is 0 Å². The van der Waals surface area contributed by atoms with Crippen LogP contribution in [0.4, 0.5) is 0 Å². The SMILES string of the molecule is NC=C(C(=O)O)c1cc(Cl)c(Br)cn1. The molecule has 0 aliphatic heterocycles. The molecule has 0 amide bonds. The van der Waals surface area contributed by atoms with E-state index in [4.69, 9.17) is 22.4 Å². The summed E-state index contributed by atoms with van der Waals surface area (Å²) >= 11 is 8.92. The summed E-state index contributed by atoms with van der Waals surface area (Å²) in [5, 5.41) is 9.13. The highest BCUT2D eigenvalue weighted by Gasteiger charge is 2.12. The summed E-state index contributed by atoms with van der Waals surface area (Å²) in [7, 11) is 0. The number of nitrogens with two attached hydrogens (primary N) is 1. The number of nitrogens with zero attached hydrogens (tertiary/aromatic N) is 1. The predicted molar refractivity (Wildman–Crippen MR) is 56.7 cm³/mol. The highest BCUT2D eigenvalue weighted by atomic mass is 79.9. The Labute approximate surface area is 93.5 Å². The molecule has 3 N–H and O–H groups in total. The molecular weight excluding hydrogens is 271 g/mol. The van der Waals surface area contributed by atoms with Crippen molar-refractivity contribution in [3.63, 3.8) is 0 Å². The number of halogens is 2. The van der Waals surface area contributed by atoms with Crippen LogP contribution in [0.25, 0.3) is 5.57 Å². The molecule has 0 aliphatic carbocycles. The van der Waals surface area contributed by atoms with Crippen LogP contribution in [0.3, 0.4) is 0 Å². The Morgan fingerprint density at radius 1 is 1.71 bits per heavy atom. The number of rotatable bonds is 2. The summed E-state index contributed by atoms with van der Waals surface area (Å²) in [6, 6.07) is 1.43. The van der Waals surface area contributed by atoms with Crippen LogP contribution in [-0.4, -0.2) is 16.1 Å². The molecule has 0 fully saturated rings. The van der Waals surface area contributed by atoms with E-state index in [0.717, 1.165) is 6.20 Å². The largest absolute Gasteiger partial charge is 0.478 e. The van der Waals surface area contributed by atoms with E-state index in [0.29, 0.717) is 9.50 Å². The highest BCUT2D eigenvalue weighted by molar-refractivity contribution is 9.10. The number of carboxylic acids is 1. The lowest BCUT2D eigenvalue weighted by atomic mass is 10.2. The lowest BCUT2D eigenvalue weighted by molar-refractivity contribution is -0.130. The molecule has 0 bridgehead atoms. The predicted octanol–water partition coefficient (Wildman–Crippen LogP) is 1.88. The van der Waals surface area contributed by atoms with E-state index in [2.05, 4.69) is 20.9 Å². The van der Waals surface area contributed by atoms with Crippen LogP contribution < -0.4 is 5.73 Å². The fraction of sp³-hybridized carbons (Fsp3) is 0. The minimum absolute atomic E-state index is 0.0839. The number of hydrogen-bond acceptors (Lipinski definition) is 3. The number of pyridine rings is 1. The Hall–Kier alpha value is -1.07. The van der Waals surface area contributed by atoms with Crippen molar-refractivity contribution in [2.24, 2.45) is 5.73 Å². The van der Waals surface area contributed by atoms with Gasteiger partial charge in [0, 0.05) is 12.4 Å². The molecule has 4 nitrogen and oxygen atoms in total. The second-order valence-corrected chi connectivity index (χ2v) is 3.63. The zero-order chi connectivity index (χ0) is 10.7. The van der Waals surface area contributed by atoms with Crippen molar-refractivity contribution >= 4 is 39.1 Å². The van der Waals surface area contributed by atoms with Gasteiger partial charge in [0.1, 0.15) is 5.57 Å². The van der Waals surface area contributed by atoms with E-state index in [1.165, 1.54) is 12.3 Å². The molecule has 1 aromatic heterocycles. The molecule has 6 heteroatoms. The van der Waals surface area contributed by atoms with Crippen molar-refractivity contribution < 1.29 is 9.90 Å². The average molecular weight is 278 g/mol. The van der Waals surface area contributed by atoms with Gasteiger partial charge in [0.15, 0.2) is 0 Å². The van der Waals surface area contributed by atoms with Gasteiger partial charge in [-0.3, -0.25) is 4.98 Å². The van der Waals surface area contributed by atoms with Gasteiger partial charge in [-0.15, -0.1) is 0 Å². The van der Waals surface area contributed by atoms with Gasteiger partial charge in [-0.25, -0.2) is 4.79 Å². The molecule has 0 unspecified atom stereocenters. The van der Waals surface area contributed by atoms with E-state index in [1.54, 1.807) is 0 Å². The molecule has 1 rings (SSSR count). The van der Waals surface area contributed by atoms with Gasteiger partial charge >= 0.3 is 5.97 Å². The molecule has 0 radical (unpaired) electrons. The Bertz CT molecular complexity index is 406. The standard InChI is InChI=1S/C8H6BrClN2O2/c9-5-3-12-7(1-6(5)10)4(2-11)8(13)14/h1-3H,11H2,(H,13,14). The molecule has 1 heterocycles. The van der Waals surface area contributed by atoms with Crippen LogP contribution >= 0.6 is 27.5 Å². The first-order valence-electron chi connectivity index (χ1n) is 3.53. The summed E-state index contributed by atoms with van der Waals surface area (Å²) in [5.41, 5.74) is 5.30. The van der Waals surface area contributed by atoms with Crippen molar-refractivity contribution in [2.75, 3.05) is 0 Å². The van der Waals surface area contributed by atoms with Crippen molar-refractivity contribution in [2.45, 2.75) is 0 Å². The van der Waals surface area contributed by atoms with Gasteiger partial charge in [-0.05, 0) is 22.0 Å². The number of hydrogen-bond donors (Lipinski definition) is 2. The third-order valence-electron chi connectivity index (χ3n) is 1.48. The van der Waals surface area contributed by atoms with Gasteiger partial charge in [0.05, 0.1) is 15.2 Å². The normalized spacial score (nSPS) is 11.4. The van der Waals surface area contributed by atoms with Crippen molar-refractivity contribution in [3.8, 4) is 0 Å². The van der Waals surface area contributed by atoms with Crippen molar-refractivity contribution in [1.82, 2.24) is 4.98 Å². The number of aliphatic carboxylic acids is 1. The Morgan fingerprint density at radius 3 is 2.79 bits per heavy atom. The Morgan fingerprint density at radius 2 is 2.36 bits per heavy atom. The summed E-state index contributed by atoms with van der Waals surface area (Å²) in [4.78, 5) is 14.6. The van der Waals surface area contributed by atoms with Crippen molar-refractivity contribution in [3.05, 3.63) is 33.7 Å². The topological polar surface area (TPSA) is 76.2 Å². The van der Waals surface area contributed by atoms with Gasteiger partial charge in [0.25, 0.3) is 0 Å². The summed E-state index contributed by atoms with van der Waals surface area (Å²) in [5.74, 6) is -1.14. The summed E-state index contributed by atoms with van der Waals surface area (Å²) in [6.45, 7) is 0.